The zero-order chi connectivity index (χ0) is 9.35. The van der Waals surface area contributed by atoms with Crippen LogP contribution in [0.3, 0.4) is 0 Å². The number of nitrogens with zero attached hydrogens (tertiary/aromatic N) is 1. The van der Waals surface area contributed by atoms with Crippen LogP contribution in [0.1, 0.15) is 20.8 Å². The molecule has 0 aliphatic carbocycles. The average Bonchev–Trinajstić information content (AvgIpc) is 2.00. The van der Waals surface area contributed by atoms with Crippen LogP contribution in [0, 0.1) is 16.7 Å². The first-order valence-corrected chi connectivity index (χ1v) is 3.77. The maximum atomic E-state index is 11.0. The molecule has 3 nitrogen and oxygen atoms in total. The second kappa shape index (κ2) is 2.63. The summed E-state index contributed by atoms with van der Waals surface area (Å²) in [5.74, 6) is -0.491. The summed E-state index contributed by atoms with van der Waals surface area (Å²) in [4.78, 5) is 11.0. The van der Waals surface area contributed by atoms with Crippen molar-refractivity contribution < 1.29 is 9.53 Å². The largest absolute Gasteiger partial charge is 0.461 e. The number of rotatable bonds is 0. The molecule has 0 bridgehead atoms. The molecule has 1 aliphatic heterocycles. The molecule has 0 atom stereocenters. The van der Waals surface area contributed by atoms with E-state index in [0.717, 1.165) is 5.57 Å². The van der Waals surface area contributed by atoms with E-state index >= 15 is 0 Å². The van der Waals surface area contributed by atoms with Crippen LogP contribution in [0.25, 0.3) is 0 Å². The number of ether oxygens (including phenoxy) is 1. The van der Waals surface area contributed by atoms with Gasteiger partial charge in [-0.2, -0.15) is 5.26 Å². The van der Waals surface area contributed by atoms with Crippen LogP contribution in [0.15, 0.2) is 11.1 Å². The van der Waals surface area contributed by atoms with Crippen molar-refractivity contribution in [1.29, 1.82) is 5.26 Å². The van der Waals surface area contributed by atoms with Gasteiger partial charge in [-0.15, -0.1) is 0 Å². The molecular formula is C9H11NO2. The number of carbonyl (C=O) groups excluding carboxylic acids is 1. The van der Waals surface area contributed by atoms with Crippen LogP contribution in [0.4, 0.5) is 0 Å². The van der Waals surface area contributed by atoms with Crippen LogP contribution in [0.2, 0.25) is 0 Å². The predicted molar refractivity (Wildman–Crippen MR) is 43.1 cm³/mol. The Morgan fingerprint density at radius 3 is 2.58 bits per heavy atom. The van der Waals surface area contributed by atoms with Gasteiger partial charge < -0.3 is 4.74 Å². The highest BCUT2D eigenvalue weighted by Gasteiger charge is 2.32. The van der Waals surface area contributed by atoms with Gasteiger partial charge in [-0.1, -0.05) is 13.8 Å². The van der Waals surface area contributed by atoms with Crippen LogP contribution in [-0.2, 0) is 9.53 Å². The van der Waals surface area contributed by atoms with Gasteiger partial charge in [-0.3, -0.25) is 0 Å². The quantitative estimate of drug-likeness (QED) is 0.510. The van der Waals surface area contributed by atoms with Crippen molar-refractivity contribution >= 4 is 5.97 Å². The van der Waals surface area contributed by atoms with Crippen LogP contribution < -0.4 is 0 Å². The lowest BCUT2D eigenvalue weighted by molar-refractivity contribution is -0.142. The van der Waals surface area contributed by atoms with E-state index in [1.165, 1.54) is 0 Å². The third-order valence-corrected chi connectivity index (χ3v) is 2.27. The summed E-state index contributed by atoms with van der Waals surface area (Å²) < 4.78 is 4.85. The van der Waals surface area contributed by atoms with Gasteiger partial charge >= 0.3 is 5.97 Å². The Hall–Kier alpha value is -1.30. The molecule has 1 aliphatic rings. The van der Waals surface area contributed by atoms with Gasteiger partial charge in [0.05, 0.1) is 0 Å². The van der Waals surface area contributed by atoms with Crippen LogP contribution in [0.5, 0.6) is 0 Å². The summed E-state index contributed by atoms with van der Waals surface area (Å²) >= 11 is 0. The summed E-state index contributed by atoms with van der Waals surface area (Å²) in [6.45, 7) is 6.07. The Labute approximate surface area is 71.6 Å². The van der Waals surface area contributed by atoms with Gasteiger partial charge in [-0.25, -0.2) is 4.79 Å². The van der Waals surface area contributed by atoms with Crippen molar-refractivity contribution in [3.05, 3.63) is 11.1 Å². The van der Waals surface area contributed by atoms with Crippen molar-refractivity contribution in [3.8, 4) is 6.07 Å². The summed E-state index contributed by atoms with van der Waals surface area (Å²) in [6.07, 6.45) is 0. The minimum absolute atomic E-state index is 0.159. The van der Waals surface area contributed by atoms with E-state index in [1.54, 1.807) is 6.92 Å². The highest BCUT2D eigenvalue weighted by molar-refractivity contribution is 5.94. The van der Waals surface area contributed by atoms with Gasteiger partial charge in [0.25, 0.3) is 0 Å². The Morgan fingerprint density at radius 2 is 2.17 bits per heavy atom. The summed E-state index contributed by atoms with van der Waals surface area (Å²) in [5, 5.41) is 8.66. The maximum Gasteiger partial charge on any atom is 0.348 e. The summed E-state index contributed by atoms with van der Waals surface area (Å²) in [5.41, 5.74) is 0.784. The summed E-state index contributed by atoms with van der Waals surface area (Å²) in [7, 11) is 0. The number of nitriles is 1. The first kappa shape index (κ1) is 8.79. The fourth-order valence-electron chi connectivity index (χ4n) is 1.05. The molecule has 0 fully saturated rings. The van der Waals surface area contributed by atoms with Gasteiger partial charge in [0, 0.05) is 5.41 Å². The molecule has 0 aromatic rings. The van der Waals surface area contributed by atoms with E-state index in [4.69, 9.17) is 10.00 Å². The molecule has 1 heterocycles. The van der Waals surface area contributed by atoms with Crippen molar-refractivity contribution in [1.82, 2.24) is 0 Å². The van der Waals surface area contributed by atoms with E-state index in [1.807, 2.05) is 19.9 Å². The standard InChI is InChI=1S/C9H11NO2/c1-6-7(4-10)8(11)12-5-9(6,2)3/h5H2,1-3H3. The van der Waals surface area contributed by atoms with E-state index in [0.29, 0.717) is 6.61 Å². The molecule has 0 saturated heterocycles. The maximum absolute atomic E-state index is 11.0. The lowest BCUT2D eigenvalue weighted by Crippen LogP contribution is -2.30. The smallest absolute Gasteiger partial charge is 0.348 e. The van der Waals surface area contributed by atoms with Gasteiger partial charge in [-0.05, 0) is 12.5 Å². The number of hydrogen-bond acceptors (Lipinski definition) is 3. The molecule has 0 N–H and O–H groups in total. The van der Waals surface area contributed by atoms with E-state index < -0.39 is 5.97 Å². The first-order valence-electron chi connectivity index (χ1n) is 3.77. The molecule has 0 radical (unpaired) electrons. The van der Waals surface area contributed by atoms with Crippen LogP contribution in [-0.4, -0.2) is 12.6 Å². The number of carbonyl (C=O) groups is 1. The van der Waals surface area contributed by atoms with Crippen molar-refractivity contribution in [2.75, 3.05) is 6.61 Å². The minimum Gasteiger partial charge on any atom is -0.461 e. The second-order valence-corrected chi connectivity index (χ2v) is 3.57. The Bertz CT molecular complexity index is 294. The Morgan fingerprint density at radius 1 is 1.58 bits per heavy atom. The zero-order valence-corrected chi connectivity index (χ0v) is 7.47. The highest BCUT2D eigenvalue weighted by atomic mass is 16.5. The molecule has 0 amide bonds. The molecule has 0 spiro atoms. The highest BCUT2D eigenvalue weighted by Crippen LogP contribution is 2.32. The SMILES string of the molecule is CC1=C(C#N)C(=O)OCC1(C)C. The van der Waals surface area contributed by atoms with Gasteiger partial charge in [0.1, 0.15) is 18.2 Å². The summed E-state index contributed by atoms with van der Waals surface area (Å²) in [6, 6.07) is 1.86. The fourth-order valence-corrected chi connectivity index (χ4v) is 1.05. The molecule has 0 aromatic carbocycles. The Kier molecular flexibility index (Phi) is 1.93. The molecular weight excluding hydrogens is 154 g/mol. The molecule has 3 heteroatoms. The van der Waals surface area contributed by atoms with Crippen molar-refractivity contribution in [2.24, 2.45) is 5.41 Å². The third-order valence-electron chi connectivity index (χ3n) is 2.27. The zero-order valence-electron chi connectivity index (χ0n) is 7.47. The predicted octanol–water partition coefficient (Wildman–Crippen LogP) is 1.41. The molecule has 0 aromatic heterocycles. The molecule has 0 unspecified atom stereocenters. The fraction of sp³-hybridized carbons (Fsp3) is 0.556. The number of esters is 1. The molecule has 12 heavy (non-hydrogen) atoms. The normalized spacial score (nSPS) is 21.7. The van der Waals surface area contributed by atoms with Crippen molar-refractivity contribution in [3.63, 3.8) is 0 Å². The van der Waals surface area contributed by atoms with E-state index in [2.05, 4.69) is 0 Å². The van der Waals surface area contributed by atoms with Gasteiger partial charge in [0.2, 0.25) is 0 Å². The monoisotopic (exact) mass is 165 g/mol. The minimum atomic E-state index is -0.491. The Balaban J connectivity index is 3.19. The van der Waals surface area contributed by atoms with E-state index in [-0.39, 0.29) is 11.0 Å². The number of hydrogen-bond donors (Lipinski definition) is 0. The molecule has 64 valence electrons. The first-order chi connectivity index (χ1) is 5.49. The van der Waals surface area contributed by atoms with E-state index in [9.17, 15) is 4.79 Å². The van der Waals surface area contributed by atoms with Crippen molar-refractivity contribution in [2.45, 2.75) is 20.8 Å². The number of cyclic esters (lactones) is 1. The topological polar surface area (TPSA) is 50.1 Å². The van der Waals surface area contributed by atoms with Crippen LogP contribution >= 0.6 is 0 Å². The third kappa shape index (κ3) is 1.20. The average molecular weight is 165 g/mol. The van der Waals surface area contributed by atoms with Gasteiger partial charge in [0.15, 0.2) is 0 Å². The lowest BCUT2D eigenvalue weighted by atomic mass is 9.82. The second-order valence-electron chi connectivity index (χ2n) is 3.57. The molecule has 1 rings (SSSR count). The lowest BCUT2D eigenvalue weighted by Gasteiger charge is -2.29. The molecule has 0 saturated carbocycles.